The van der Waals surface area contributed by atoms with Gasteiger partial charge in [-0.3, -0.25) is 4.79 Å². The Hall–Kier alpha value is -2.44. The van der Waals surface area contributed by atoms with Crippen molar-refractivity contribution in [2.45, 2.75) is 50.4 Å². The molecule has 2 atom stereocenters. The first-order chi connectivity index (χ1) is 15.0. The number of piperidine rings is 1. The summed E-state index contributed by atoms with van der Waals surface area (Å²) >= 11 is 0. The molecule has 0 aliphatic carbocycles. The van der Waals surface area contributed by atoms with Gasteiger partial charge in [-0.15, -0.1) is 0 Å². The van der Waals surface area contributed by atoms with Crippen LogP contribution in [0.2, 0.25) is 0 Å². The fourth-order valence-electron chi connectivity index (χ4n) is 4.86. The zero-order valence-electron chi connectivity index (χ0n) is 18.2. The number of carbonyl (C=O) groups is 1. The number of carbonyl (C=O) groups excluding carboxylic acids is 1. The molecule has 0 N–H and O–H groups in total. The van der Waals surface area contributed by atoms with Crippen LogP contribution in [0.3, 0.4) is 0 Å². The Morgan fingerprint density at radius 1 is 1.16 bits per heavy atom. The first kappa shape index (κ1) is 21.8. The van der Waals surface area contributed by atoms with Crippen molar-refractivity contribution in [3.8, 4) is 5.75 Å². The third-order valence-corrected chi connectivity index (χ3v) is 6.41. The van der Waals surface area contributed by atoms with Crippen molar-refractivity contribution in [2.75, 3.05) is 26.8 Å². The second-order valence-electron chi connectivity index (χ2n) is 8.33. The van der Waals surface area contributed by atoms with Crippen LogP contribution in [0.15, 0.2) is 48.5 Å². The Labute approximate surface area is 183 Å². The minimum absolute atomic E-state index is 0.00209. The molecule has 2 aromatic carbocycles. The van der Waals surface area contributed by atoms with E-state index < -0.39 is 5.82 Å². The van der Waals surface area contributed by atoms with Gasteiger partial charge in [-0.2, -0.15) is 0 Å². The van der Waals surface area contributed by atoms with Crippen LogP contribution in [-0.4, -0.2) is 49.3 Å². The number of nitrogens with zero attached hydrogens (tertiary/aromatic N) is 1. The minimum atomic E-state index is -0.525. The van der Waals surface area contributed by atoms with Gasteiger partial charge in [-0.05, 0) is 37.5 Å². The molecule has 2 aliphatic heterocycles. The molecule has 6 heteroatoms. The van der Waals surface area contributed by atoms with E-state index in [9.17, 15) is 9.18 Å². The molecule has 1 spiro atoms. The summed E-state index contributed by atoms with van der Waals surface area (Å²) in [5.41, 5.74) is 1.10. The van der Waals surface area contributed by atoms with E-state index in [1.54, 1.807) is 11.0 Å². The van der Waals surface area contributed by atoms with Gasteiger partial charge in [-0.1, -0.05) is 36.4 Å². The fourth-order valence-corrected chi connectivity index (χ4v) is 4.86. The first-order valence-corrected chi connectivity index (χ1v) is 11.0. The van der Waals surface area contributed by atoms with Gasteiger partial charge < -0.3 is 19.1 Å². The third-order valence-electron chi connectivity index (χ3n) is 6.41. The molecule has 31 heavy (non-hydrogen) atoms. The van der Waals surface area contributed by atoms with Crippen LogP contribution in [0.25, 0.3) is 0 Å². The summed E-state index contributed by atoms with van der Waals surface area (Å²) in [7, 11) is 1.38. The SMILES string of the molecule is CCOC1CC(c2ccccc2)OC2(CCN(C(=O)c3cccc(F)c3OC)CC2)C1. The van der Waals surface area contributed by atoms with Gasteiger partial charge in [0.05, 0.1) is 30.5 Å². The number of halogens is 1. The van der Waals surface area contributed by atoms with Crippen molar-refractivity contribution in [3.05, 3.63) is 65.5 Å². The highest BCUT2D eigenvalue weighted by Crippen LogP contribution is 2.44. The number of likely N-dealkylation sites (tertiary alicyclic amines) is 1. The molecule has 0 aromatic heterocycles. The van der Waals surface area contributed by atoms with E-state index in [4.69, 9.17) is 14.2 Å². The molecule has 0 radical (unpaired) electrons. The second kappa shape index (κ2) is 9.37. The average Bonchev–Trinajstić information content (AvgIpc) is 2.79. The maximum absolute atomic E-state index is 14.1. The molecule has 2 saturated heterocycles. The fraction of sp³-hybridized carbons (Fsp3) is 0.480. The van der Waals surface area contributed by atoms with Crippen LogP contribution < -0.4 is 4.74 Å². The zero-order chi connectivity index (χ0) is 21.8. The highest BCUT2D eigenvalue weighted by Gasteiger charge is 2.45. The van der Waals surface area contributed by atoms with Crippen LogP contribution >= 0.6 is 0 Å². The van der Waals surface area contributed by atoms with Crippen molar-refractivity contribution in [3.63, 3.8) is 0 Å². The highest BCUT2D eigenvalue weighted by molar-refractivity contribution is 5.97. The largest absolute Gasteiger partial charge is 0.493 e. The standard InChI is InChI=1S/C25H30FNO4/c1-3-30-19-16-22(18-8-5-4-6-9-18)31-25(17-19)12-14-27(15-13-25)24(28)20-10-7-11-21(26)23(20)29-2/h4-11,19,22H,3,12-17H2,1-2H3. The van der Waals surface area contributed by atoms with Crippen LogP contribution in [0.1, 0.15) is 54.6 Å². The smallest absolute Gasteiger partial charge is 0.257 e. The predicted octanol–water partition coefficient (Wildman–Crippen LogP) is 4.77. The van der Waals surface area contributed by atoms with E-state index in [-0.39, 0.29) is 35.0 Å². The van der Waals surface area contributed by atoms with Crippen molar-refractivity contribution in [1.29, 1.82) is 0 Å². The Kier molecular flexibility index (Phi) is 6.58. The van der Waals surface area contributed by atoms with Crippen molar-refractivity contribution < 1.29 is 23.4 Å². The van der Waals surface area contributed by atoms with Gasteiger partial charge in [0.25, 0.3) is 5.91 Å². The lowest BCUT2D eigenvalue weighted by Gasteiger charge is -2.48. The van der Waals surface area contributed by atoms with E-state index in [1.807, 2.05) is 25.1 Å². The number of hydrogen-bond donors (Lipinski definition) is 0. The highest BCUT2D eigenvalue weighted by atomic mass is 19.1. The number of benzene rings is 2. The van der Waals surface area contributed by atoms with E-state index in [2.05, 4.69) is 12.1 Å². The lowest BCUT2D eigenvalue weighted by Crippen LogP contribution is -2.52. The molecule has 1 amide bonds. The number of ether oxygens (including phenoxy) is 3. The third kappa shape index (κ3) is 4.60. The molecule has 0 bridgehead atoms. The second-order valence-corrected chi connectivity index (χ2v) is 8.33. The van der Waals surface area contributed by atoms with E-state index in [1.165, 1.54) is 19.2 Å². The van der Waals surface area contributed by atoms with Crippen LogP contribution in [-0.2, 0) is 9.47 Å². The number of hydrogen-bond acceptors (Lipinski definition) is 4. The molecule has 2 unspecified atom stereocenters. The van der Waals surface area contributed by atoms with Crippen LogP contribution in [0.4, 0.5) is 4.39 Å². The lowest BCUT2D eigenvalue weighted by molar-refractivity contribution is -0.190. The number of para-hydroxylation sites is 1. The van der Waals surface area contributed by atoms with Crippen LogP contribution in [0, 0.1) is 5.82 Å². The minimum Gasteiger partial charge on any atom is -0.493 e. The Morgan fingerprint density at radius 3 is 2.58 bits per heavy atom. The van der Waals surface area contributed by atoms with Crippen molar-refractivity contribution in [2.24, 2.45) is 0 Å². The van der Waals surface area contributed by atoms with Crippen molar-refractivity contribution >= 4 is 5.91 Å². The van der Waals surface area contributed by atoms with Gasteiger partial charge in [0, 0.05) is 32.5 Å². The van der Waals surface area contributed by atoms with Gasteiger partial charge in [0.2, 0.25) is 0 Å². The Morgan fingerprint density at radius 2 is 1.90 bits per heavy atom. The topological polar surface area (TPSA) is 48.0 Å². The van der Waals surface area contributed by atoms with Gasteiger partial charge in [0.15, 0.2) is 11.6 Å². The van der Waals surface area contributed by atoms with Gasteiger partial charge in [-0.25, -0.2) is 4.39 Å². The zero-order valence-corrected chi connectivity index (χ0v) is 18.2. The van der Waals surface area contributed by atoms with Gasteiger partial charge in [0.1, 0.15) is 0 Å². The lowest BCUT2D eigenvalue weighted by atomic mass is 9.80. The molecule has 166 valence electrons. The van der Waals surface area contributed by atoms with Crippen LogP contribution in [0.5, 0.6) is 5.75 Å². The number of amides is 1. The summed E-state index contributed by atoms with van der Waals surface area (Å²) in [6.07, 6.45) is 3.23. The summed E-state index contributed by atoms with van der Waals surface area (Å²) in [6, 6.07) is 14.7. The molecule has 5 nitrogen and oxygen atoms in total. The first-order valence-electron chi connectivity index (χ1n) is 11.0. The number of rotatable bonds is 5. The predicted molar refractivity (Wildman–Crippen MR) is 116 cm³/mol. The molecular formula is C25H30FNO4. The summed E-state index contributed by atoms with van der Waals surface area (Å²) in [4.78, 5) is 14.8. The molecule has 2 aromatic rings. The van der Waals surface area contributed by atoms with E-state index in [0.29, 0.717) is 19.7 Å². The molecule has 0 saturated carbocycles. The molecule has 2 fully saturated rings. The Bertz CT molecular complexity index is 896. The molecule has 4 rings (SSSR count). The van der Waals surface area contributed by atoms with Gasteiger partial charge >= 0.3 is 0 Å². The summed E-state index contributed by atoms with van der Waals surface area (Å²) in [6.45, 7) is 3.80. The average molecular weight is 428 g/mol. The Balaban J connectivity index is 1.49. The summed E-state index contributed by atoms with van der Waals surface area (Å²) < 4.78 is 31.9. The summed E-state index contributed by atoms with van der Waals surface area (Å²) in [5.74, 6) is -0.729. The maximum atomic E-state index is 14.1. The molecular weight excluding hydrogens is 397 g/mol. The summed E-state index contributed by atoms with van der Waals surface area (Å²) in [5, 5.41) is 0. The quantitative estimate of drug-likeness (QED) is 0.690. The van der Waals surface area contributed by atoms with E-state index >= 15 is 0 Å². The number of methoxy groups -OCH3 is 1. The molecule has 2 heterocycles. The molecule has 2 aliphatic rings. The van der Waals surface area contributed by atoms with E-state index in [0.717, 1.165) is 31.2 Å². The maximum Gasteiger partial charge on any atom is 0.257 e. The van der Waals surface area contributed by atoms with Crippen molar-refractivity contribution in [1.82, 2.24) is 4.90 Å². The monoisotopic (exact) mass is 427 g/mol. The normalized spacial score (nSPS) is 23.0.